The first-order valence-electron chi connectivity index (χ1n) is 9.73. The molecule has 0 saturated carbocycles. The van der Waals surface area contributed by atoms with Crippen molar-refractivity contribution in [2.45, 2.75) is 26.3 Å². The van der Waals surface area contributed by atoms with Crippen molar-refractivity contribution in [2.24, 2.45) is 4.99 Å². The van der Waals surface area contributed by atoms with Crippen molar-refractivity contribution in [3.05, 3.63) is 71.3 Å². The van der Waals surface area contributed by atoms with Crippen molar-refractivity contribution < 1.29 is 9.90 Å². The Bertz CT molecular complexity index is 745. The van der Waals surface area contributed by atoms with E-state index < -0.39 is 0 Å². The first kappa shape index (κ1) is 21.4. The van der Waals surface area contributed by atoms with Crippen LogP contribution in [0.3, 0.4) is 0 Å². The van der Waals surface area contributed by atoms with Crippen LogP contribution in [0.25, 0.3) is 0 Å². The number of nitrogens with one attached hydrogen (secondary N) is 3. The molecule has 0 aromatic heterocycles. The highest BCUT2D eigenvalue weighted by atomic mass is 16.3. The Morgan fingerprint density at radius 2 is 1.64 bits per heavy atom. The number of nitrogens with zero attached hydrogens (tertiary/aromatic N) is 1. The molecule has 2 aromatic carbocycles. The van der Waals surface area contributed by atoms with E-state index in [0.29, 0.717) is 31.2 Å². The van der Waals surface area contributed by atoms with Crippen LogP contribution in [0.1, 0.15) is 41.3 Å². The van der Waals surface area contributed by atoms with E-state index in [9.17, 15) is 9.90 Å². The minimum atomic E-state index is -0.0662. The average Bonchev–Trinajstić information content (AvgIpc) is 2.73. The molecule has 0 bridgehead atoms. The van der Waals surface area contributed by atoms with Gasteiger partial charge in [-0.15, -0.1) is 0 Å². The molecule has 28 heavy (non-hydrogen) atoms. The lowest BCUT2D eigenvalue weighted by Gasteiger charge is -2.18. The molecule has 1 amide bonds. The molecule has 0 aliphatic rings. The first-order chi connectivity index (χ1) is 13.7. The second-order valence-electron chi connectivity index (χ2n) is 6.42. The van der Waals surface area contributed by atoms with Crippen LogP contribution in [0.15, 0.2) is 59.6 Å². The van der Waals surface area contributed by atoms with Gasteiger partial charge in [0.15, 0.2) is 5.96 Å². The number of carbonyl (C=O) groups is 1. The lowest BCUT2D eigenvalue weighted by Crippen LogP contribution is -2.39. The zero-order valence-electron chi connectivity index (χ0n) is 16.6. The molecule has 6 nitrogen and oxygen atoms in total. The van der Waals surface area contributed by atoms with Crippen molar-refractivity contribution in [3.63, 3.8) is 0 Å². The standard InChI is InChI=1S/C22H30N4O2/c1-3-23-21(28)19-12-10-17(11-13-19)14-25-22(24-4-2)26-15-20(16-27)18-8-6-5-7-9-18/h5-13,20,27H,3-4,14-16H2,1-2H3,(H,23,28)(H2,24,25,26). The summed E-state index contributed by atoms with van der Waals surface area (Å²) in [6.45, 7) is 6.42. The first-order valence-corrected chi connectivity index (χ1v) is 9.73. The van der Waals surface area contributed by atoms with Crippen LogP contribution in [-0.2, 0) is 6.54 Å². The maximum atomic E-state index is 11.8. The Hall–Kier alpha value is -2.86. The maximum absolute atomic E-state index is 11.8. The zero-order chi connectivity index (χ0) is 20.2. The third kappa shape index (κ3) is 6.70. The van der Waals surface area contributed by atoms with Gasteiger partial charge in [-0.3, -0.25) is 4.79 Å². The van der Waals surface area contributed by atoms with Crippen LogP contribution in [0.5, 0.6) is 0 Å². The summed E-state index contributed by atoms with van der Waals surface area (Å²) in [5.41, 5.74) is 2.76. The monoisotopic (exact) mass is 382 g/mol. The molecule has 0 spiro atoms. The smallest absolute Gasteiger partial charge is 0.251 e. The quantitative estimate of drug-likeness (QED) is 0.396. The Morgan fingerprint density at radius 1 is 0.964 bits per heavy atom. The molecule has 1 unspecified atom stereocenters. The van der Waals surface area contributed by atoms with Gasteiger partial charge in [-0.25, -0.2) is 4.99 Å². The number of rotatable bonds is 9. The van der Waals surface area contributed by atoms with Crippen molar-refractivity contribution >= 4 is 11.9 Å². The Labute approximate surface area is 167 Å². The summed E-state index contributed by atoms with van der Waals surface area (Å²) in [5.74, 6) is 0.634. The summed E-state index contributed by atoms with van der Waals surface area (Å²) in [6, 6.07) is 17.4. The van der Waals surface area contributed by atoms with Crippen LogP contribution in [-0.4, -0.2) is 43.2 Å². The highest BCUT2D eigenvalue weighted by Gasteiger charge is 2.11. The Morgan fingerprint density at radius 3 is 2.25 bits per heavy atom. The van der Waals surface area contributed by atoms with Crippen LogP contribution in [0.2, 0.25) is 0 Å². The van der Waals surface area contributed by atoms with Gasteiger partial charge in [-0.2, -0.15) is 0 Å². The minimum Gasteiger partial charge on any atom is -0.396 e. The van der Waals surface area contributed by atoms with E-state index in [4.69, 9.17) is 0 Å². The molecule has 2 aromatic rings. The Kier molecular flexibility index (Phi) is 9.01. The number of carbonyl (C=O) groups excluding carboxylic acids is 1. The lowest BCUT2D eigenvalue weighted by atomic mass is 10.0. The van der Waals surface area contributed by atoms with E-state index in [1.165, 1.54) is 0 Å². The Balaban J connectivity index is 1.97. The molecule has 6 heteroatoms. The maximum Gasteiger partial charge on any atom is 0.251 e. The van der Waals surface area contributed by atoms with Gasteiger partial charge in [0.05, 0.1) is 13.2 Å². The zero-order valence-corrected chi connectivity index (χ0v) is 16.6. The van der Waals surface area contributed by atoms with E-state index in [-0.39, 0.29) is 18.4 Å². The van der Waals surface area contributed by atoms with Gasteiger partial charge in [-0.05, 0) is 37.1 Å². The van der Waals surface area contributed by atoms with Crippen LogP contribution < -0.4 is 16.0 Å². The van der Waals surface area contributed by atoms with E-state index in [1.54, 1.807) is 0 Å². The van der Waals surface area contributed by atoms with Gasteiger partial charge in [0, 0.05) is 31.1 Å². The van der Waals surface area contributed by atoms with E-state index in [1.807, 2.05) is 68.4 Å². The fourth-order valence-electron chi connectivity index (χ4n) is 2.77. The molecule has 0 aliphatic carbocycles. The largest absolute Gasteiger partial charge is 0.396 e. The fraction of sp³-hybridized carbons (Fsp3) is 0.364. The molecule has 0 radical (unpaired) electrons. The van der Waals surface area contributed by atoms with Gasteiger partial charge in [0.25, 0.3) is 5.91 Å². The number of amides is 1. The van der Waals surface area contributed by atoms with Gasteiger partial charge < -0.3 is 21.1 Å². The number of guanidine groups is 1. The van der Waals surface area contributed by atoms with Gasteiger partial charge in [0.1, 0.15) is 0 Å². The lowest BCUT2D eigenvalue weighted by molar-refractivity contribution is 0.0956. The molecular formula is C22H30N4O2. The second kappa shape index (κ2) is 11.8. The third-order valence-electron chi connectivity index (χ3n) is 4.32. The molecule has 0 heterocycles. The summed E-state index contributed by atoms with van der Waals surface area (Å²) >= 11 is 0. The summed E-state index contributed by atoms with van der Waals surface area (Å²) in [4.78, 5) is 16.4. The third-order valence-corrected chi connectivity index (χ3v) is 4.32. The topological polar surface area (TPSA) is 85.8 Å². The number of hydrogen-bond donors (Lipinski definition) is 4. The summed E-state index contributed by atoms with van der Waals surface area (Å²) in [7, 11) is 0. The SMILES string of the molecule is CCNC(=O)c1ccc(CN=C(NCC)NCC(CO)c2ccccc2)cc1. The van der Waals surface area contributed by atoms with Crippen molar-refractivity contribution in [3.8, 4) is 0 Å². The predicted octanol–water partition coefficient (Wildman–Crippen LogP) is 2.27. The van der Waals surface area contributed by atoms with Crippen molar-refractivity contribution in [1.82, 2.24) is 16.0 Å². The number of aliphatic hydroxyl groups is 1. The van der Waals surface area contributed by atoms with E-state index in [0.717, 1.165) is 17.7 Å². The fourth-order valence-corrected chi connectivity index (χ4v) is 2.77. The molecule has 1 atom stereocenters. The highest BCUT2D eigenvalue weighted by Crippen LogP contribution is 2.13. The second-order valence-corrected chi connectivity index (χ2v) is 6.42. The van der Waals surface area contributed by atoms with E-state index in [2.05, 4.69) is 20.9 Å². The van der Waals surface area contributed by atoms with Gasteiger partial charge >= 0.3 is 0 Å². The number of aliphatic hydroxyl groups excluding tert-OH is 1. The highest BCUT2D eigenvalue weighted by molar-refractivity contribution is 5.94. The molecule has 0 fully saturated rings. The number of benzene rings is 2. The van der Waals surface area contributed by atoms with Crippen molar-refractivity contribution in [2.75, 3.05) is 26.2 Å². The number of hydrogen-bond acceptors (Lipinski definition) is 3. The molecular weight excluding hydrogens is 352 g/mol. The van der Waals surface area contributed by atoms with Gasteiger partial charge in [0.2, 0.25) is 0 Å². The van der Waals surface area contributed by atoms with E-state index >= 15 is 0 Å². The van der Waals surface area contributed by atoms with Crippen LogP contribution >= 0.6 is 0 Å². The molecule has 2 rings (SSSR count). The van der Waals surface area contributed by atoms with Crippen molar-refractivity contribution in [1.29, 1.82) is 0 Å². The van der Waals surface area contributed by atoms with Crippen LogP contribution in [0, 0.1) is 0 Å². The normalized spacial score (nSPS) is 12.3. The number of aliphatic imine (C=N–C) groups is 1. The summed E-state index contributed by atoms with van der Waals surface area (Å²) in [6.07, 6.45) is 0. The molecule has 4 N–H and O–H groups in total. The average molecular weight is 383 g/mol. The molecule has 0 saturated heterocycles. The molecule has 150 valence electrons. The molecule has 0 aliphatic heterocycles. The summed E-state index contributed by atoms with van der Waals surface area (Å²) < 4.78 is 0. The van der Waals surface area contributed by atoms with Crippen LogP contribution in [0.4, 0.5) is 0 Å². The minimum absolute atomic E-state index is 0.00131. The summed E-state index contributed by atoms with van der Waals surface area (Å²) in [5, 5.41) is 19.0. The predicted molar refractivity (Wildman–Crippen MR) is 114 cm³/mol. The van der Waals surface area contributed by atoms with Gasteiger partial charge in [-0.1, -0.05) is 42.5 Å².